The molecule has 0 unspecified atom stereocenters. The first-order valence-corrected chi connectivity index (χ1v) is 7.82. The fourth-order valence-electron chi connectivity index (χ4n) is 2.72. The molecule has 1 amide bonds. The number of morpholine rings is 1. The van der Waals surface area contributed by atoms with Crippen LogP contribution >= 0.6 is 0 Å². The maximum absolute atomic E-state index is 12.4. The van der Waals surface area contributed by atoms with E-state index in [2.05, 4.69) is 5.10 Å². The maximum atomic E-state index is 12.4. The quantitative estimate of drug-likeness (QED) is 0.888. The van der Waals surface area contributed by atoms with E-state index in [0.717, 1.165) is 11.3 Å². The zero-order chi connectivity index (χ0) is 16.9. The van der Waals surface area contributed by atoms with E-state index in [9.17, 15) is 9.59 Å². The number of carboxylic acids is 1. The van der Waals surface area contributed by atoms with Crippen molar-refractivity contribution in [1.29, 1.82) is 0 Å². The van der Waals surface area contributed by atoms with Crippen molar-refractivity contribution in [3.05, 3.63) is 48.3 Å². The van der Waals surface area contributed by atoms with E-state index in [1.807, 2.05) is 36.5 Å². The summed E-state index contributed by atoms with van der Waals surface area (Å²) >= 11 is 0. The Kier molecular flexibility index (Phi) is 4.90. The molecule has 1 N–H and O–H groups in total. The van der Waals surface area contributed by atoms with Crippen molar-refractivity contribution in [3.63, 3.8) is 0 Å². The standard InChI is InChI=1S/C17H19N3O4/c21-16(19-6-7-24-15(12-19)9-17(22)23)8-13-10-18-20(11-13)14-4-2-1-3-5-14/h1-5,10-11,15H,6-9,12H2,(H,22,23)/t15-/m0/s1. The van der Waals surface area contributed by atoms with Gasteiger partial charge in [-0.05, 0) is 17.7 Å². The first-order valence-electron chi connectivity index (χ1n) is 7.82. The number of carbonyl (C=O) groups is 2. The monoisotopic (exact) mass is 329 g/mol. The summed E-state index contributed by atoms with van der Waals surface area (Å²) in [6.45, 7) is 1.17. The zero-order valence-corrected chi connectivity index (χ0v) is 13.2. The Morgan fingerprint density at radius 2 is 2.08 bits per heavy atom. The smallest absolute Gasteiger partial charge is 0.306 e. The highest BCUT2D eigenvalue weighted by Crippen LogP contribution is 2.12. The predicted molar refractivity (Wildman–Crippen MR) is 85.8 cm³/mol. The summed E-state index contributed by atoms with van der Waals surface area (Å²) in [4.78, 5) is 24.9. The Bertz CT molecular complexity index is 714. The molecule has 3 rings (SSSR count). The van der Waals surface area contributed by atoms with Crippen LogP contribution < -0.4 is 0 Å². The second kappa shape index (κ2) is 7.27. The number of aromatic nitrogens is 2. The number of carboxylic acid groups (broad SMARTS) is 1. The van der Waals surface area contributed by atoms with Crippen LogP contribution in [-0.2, 0) is 20.7 Å². The number of nitrogens with zero attached hydrogens (tertiary/aromatic N) is 3. The van der Waals surface area contributed by atoms with Crippen molar-refractivity contribution in [2.24, 2.45) is 0 Å². The van der Waals surface area contributed by atoms with Gasteiger partial charge in [-0.1, -0.05) is 18.2 Å². The van der Waals surface area contributed by atoms with Crippen LogP contribution in [0.15, 0.2) is 42.7 Å². The first-order chi connectivity index (χ1) is 11.6. The van der Waals surface area contributed by atoms with Crippen LogP contribution in [0.3, 0.4) is 0 Å². The van der Waals surface area contributed by atoms with E-state index in [4.69, 9.17) is 9.84 Å². The Balaban J connectivity index is 1.61. The number of ether oxygens (including phenoxy) is 1. The molecule has 0 aliphatic carbocycles. The number of amides is 1. The lowest BCUT2D eigenvalue weighted by atomic mass is 10.1. The molecular formula is C17H19N3O4. The van der Waals surface area contributed by atoms with E-state index in [1.54, 1.807) is 15.8 Å². The van der Waals surface area contributed by atoms with Crippen LogP contribution in [0.25, 0.3) is 5.69 Å². The lowest BCUT2D eigenvalue weighted by Crippen LogP contribution is -2.46. The highest BCUT2D eigenvalue weighted by molar-refractivity contribution is 5.79. The van der Waals surface area contributed by atoms with Crippen molar-refractivity contribution < 1.29 is 19.4 Å². The molecule has 1 aliphatic heterocycles. The van der Waals surface area contributed by atoms with E-state index in [0.29, 0.717) is 19.7 Å². The molecule has 1 saturated heterocycles. The van der Waals surface area contributed by atoms with Crippen LogP contribution in [0, 0.1) is 0 Å². The van der Waals surface area contributed by atoms with E-state index >= 15 is 0 Å². The molecule has 0 radical (unpaired) electrons. The minimum absolute atomic E-state index is 0.0405. The van der Waals surface area contributed by atoms with Gasteiger partial charge >= 0.3 is 5.97 Å². The van der Waals surface area contributed by atoms with Gasteiger partial charge in [-0.2, -0.15) is 5.10 Å². The van der Waals surface area contributed by atoms with Gasteiger partial charge in [0.15, 0.2) is 0 Å². The molecule has 1 fully saturated rings. The molecule has 1 aromatic heterocycles. The normalized spacial score (nSPS) is 17.7. The van der Waals surface area contributed by atoms with E-state index in [-0.39, 0.29) is 18.7 Å². The van der Waals surface area contributed by atoms with Crippen molar-refractivity contribution in [3.8, 4) is 5.69 Å². The zero-order valence-electron chi connectivity index (χ0n) is 13.2. The molecule has 24 heavy (non-hydrogen) atoms. The molecule has 126 valence electrons. The molecule has 0 saturated carbocycles. The van der Waals surface area contributed by atoms with Gasteiger partial charge in [-0.3, -0.25) is 9.59 Å². The van der Waals surface area contributed by atoms with Crippen molar-refractivity contribution in [2.45, 2.75) is 18.9 Å². The van der Waals surface area contributed by atoms with Gasteiger partial charge in [-0.25, -0.2) is 4.68 Å². The van der Waals surface area contributed by atoms with Crippen molar-refractivity contribution >= 4 is 11.9 Å². The van der Waals surface area contributed by atoms with Crippen molar-refractivity contribution in [1.82, 2.24) is 14.7 Å². The maximum Gasteiger partial charge on any atom is 0.306 e. The van der Waals surface area contributed by atoms with E-state index < -0.39 is 12.1 Å². The molecular weight excluding hydrogens is 310 g/mol. The topological polar surface area (TPSA) is 84.7 Å². The third-order valence-electron chi connectivity index (χ3n) is 3.91. The van der Waals surface area contributed by atoms with Gasteiger partial charge < -0.3 is 14.7 Å². The number of hydrogen-bond donors (Lipinski definition) is 1. The second-order valence-corrected chi connectivity index (χ2v) is 5.74. The van der Waals surface area contributed by atoms with E-state index in [1.165, 1.54) is 0 Å². The van der Waals surface area contributed by atoms with Crippen LogP contribution in [0.1, 0.15) is 12.0 Å². The third-order valence-corrected chi connectivity index (χ3v) is 3.91. The SMILES string of the molecule is O=C(O)C[C@H]1CN(C(=O)Cc2cnn(-c3ccccc3)c2)CCO1. The van der Waals surface area contributed by atoms with Crippen LogP contribution in [0.2, 0.25) is 0 Å². The van der Waals surface area contributed by atoms with Crippen molar-refractivity contribution in [2.75, 3.05) is 19.7 Å². The average molecular weight is 329 g/mol. The van der Waals surface area contributed by atoms with Crippen LogP contribution in [0.5, 0.6) is 0 Å². The van der Waals surface area contributed by atoms with Crippen LogP contribution in [-0.4, -0.2) is 57.5 Å². The molecule has 1 aromatic carbocycles. The molecule has 2 heterocycles. The number of carbonyl (C=O) groups excluding carboxylic acids is 1. The highest BCUT2D eigenvalue weighted by Gasteiger charge is 2.26. The molecule has 0 spiro atoms. The summed E-state index contributed by atoms with van der Waals surface area (Å²) in [5.41, 5.74) is 1.76. The summed E-state index contributed by atoms with van der Waals surface area (Å²) in [5.74, 6) is -0.959. The van der Waals surface area contributed by atoms with Gasteiger partial charge in [0.05, 0.1) is 37.4 Å². The summed E-state index contributed by atoms with van der Waals surface area (Å²) < 4.78 is 7.12. The Morgan fingerprint density at radius 3 is 2.83 bits per heavy atom. The minimum Gasteiger partial charge on any atom is -0.481 e. The Labute approximate surface area is 139 Å². The molecule has 2 aromatic rings. The highest BCUT2D eigenvalue weighted by atomic mass is 16.5. The molecule has 7 nitrogen and oxygen atoms in total. The first kappa shape index (κ1) is 16.2. The summed E-state index contributed by atoms with van der Waals surface area (Å²) in [6.07, 6.45) is 3.23. The van der Waals surface area contributed by atoms with Gasteiger partial charge in [0.25, 0.3) is 0 Å². The number of aliphatic carboxylic acids is 1. The summed E-state index contributed by atoms with van der Waals surface area (Å²) in [5, 5.41) is 13.1. The lowest BCUT2D eigenvalue weighted by Gasteiger charge is -2.32. The van der Waals surface area contributed by atoms with Gasteiger partial charge in [0.1, 0.15) is 0 Å². The molecule has 7 heteroatoms. The number of rotatable bonds is 5. The largest absolute Gasteiger partial charge is 0.481 e. The van der Waals surface area contributed by atoms with Crippen LogP contribution in [0.4, 0.5) is 0 Å². The average Bonchev–Trinajstić information content (AvgIpc) is 3.04. The van der Waals surface area contributed by atoms with Gasteiger partial charge in [0.2, 0.25) is 5.91 Å². The lowest BCUT2D eigenvalue weighted by molar-refractivity contribution is -0.147. The molecule has 0 bridgehead atoms. The fourth-order valence-corrected chi connectivity index (χ4v) is 2.72. The number of benzene rings is 1. The fraction of sp³-hybridized carbons (Fsp3) is 0.353. The number of hydrogen-bond acceptors (Lipinski definition) is 4. The second-order valence-electron chi connectivity index (χ2n) is 5.74. The molecule has 1 atom stereocenters. The summed E-state index contributed by atoms with van der Waals surface area (Å²) in [7, 11) is 0. The van der Waals surface area contributed by atoms with Gasteiger partial charge in [0, 0.05) is 19.3 Å². The Morgan fingerprint density at radius 1 is 1.29 bits per heavy atom. The molecule has 1 aliphatic rings. The predicted octanol–water partition coefficient (Wildman–Crippen LogP) is 1.12. The third kappa shape index (κ3) is 3.99. The van der Waals surface area contributed by atoms with Gasteiger partial charge in [-0.15, -0.1) is 0 Å². The summed E-state index contributed by atoms with van der Waals surface area (Å²) in [6, 6.07) is 9.67. The Hall–Kier alpha value is -2.67. The minimum atomic E-state index is -0.918. The number of para-hydroxylation sites is 1.